The third-order valence-corrected chi connectivity index (χ3v) is 7.69. The van der Waals surface area contributed by atoms with Crippen LogP contribution in [0, 0.1) is 0 Å². The van der Waals surface area contributed by atoms with Crippen molar-refractivity contribution in [3.05, 3.63) is 29.8 Å². The van der Waals surface area contributed by atoms with E-state index >= 15 is 0 Å². The van der Waals surface area contributed by atoms with Crippen molar-refractivity contribution in [2.45, 2.75) is 63.5 Å². The first-order valence-electron chi connectivity index (χ1n) is 10.2. The maximum absolute atomic E-state index is 12.3. The highest BCUT2D eigenvalue weighted by Crippen LogP contribution is 2.28. The largest absolute Gasteiger partial charge is 0.354 e. The van der Waals surface area contributed by atoms with Gasteiger partial charge in [-0.2, -0.15) is 11.8 Å². The Morgan fingerprint density at radius 2 is 1.82 bits per heavy atom. The Morgan fingerprint density at radius 3 is 2.39 bits per heavy atom. The Hall–Kier alpha value is -1.21. The number of nitrogens with one attached hydrogen (secondary N) is 1. The van der Waals surface area contributed by atoms with E-state index in [-0.39, 0.29) is 12.5 Å². The Kier molecular flexibility index (Phi) is 9.15. The molecule has 1 aliphatic rings. The Bertz CT molecular complexity index is 712. The lowest BCUT2D eigenvalue weighted by atomic mass is 10.0. The Morgan fingerprint density at radius 1 is 1.18 bits per heavy atom. The highest BCUT2D eigenvalue weighted by molar-refractivity contribution is 7.99. The van der Waals surface area contributed by atoms with Crippen LogP contribution in [-0.2, 0) is 14.8 Å². The zero-order chi connectivity index (χ0) is 20.6. The third-order valence-electron chi connectivity index (χ3n) is 5.08. The second-order valence-electron chi connectivity index (χ2n) is 7.85. The summed E-state index contributed by atoms with van der Waals surface area (Å²) in [6.45, 7) is 4.57. The van der Waals surface area contributed by atoms with Crippen LogP contribution in [0.1, 0.15) is 63.9 Å². The van der Waals surface area contributed by atoms with Crippen LogP contribution in [0.15, 0.2) is 24.3 Å². The molecule has 0 bridgehead atoms. The predicted octanol–water partition coefficient (Wildman–Crippen LogP) is 4.15. The van der Waals surface area contributed by atoms with Gasteiger partial charge in [-0.05, 0) is 48.6 Å². The van der Waals surface area contributed by atoms with E-state index in [1.54, 1.807) is 12.1 Å². The molecule has 1 N–H and O–H groups in total. The average molecular weight is 427 g/mol. The van der Waals surface area contributed by atoms with E-state index in [1.165, 1.54) is 36.4 Å². The molecule has 1 aliphatic carbocycles. The van der Waals surface area contributed by atoms with Crippen molar-refractivity contribution in [1.82, 2.24) is 5.32 Å². The van der Waals surface area contributed by atoms with Gasteiger partial charge >= 0.3 is 0 Å². The number of hydrogen-bond acceptors (Lipinski definition) is 4. The minimum absolute atomic E-state index is 0.185. The van der Waals surface area contributed by atoms with Crippen LogP contribution < -0.4 is 9.62 Å². The average Bonchev–Trinajstić information content (AvgIpc) is 2.66. The van der Waals surface area contributed by atoms with Crippen LogP contribution in [0.2, 0.25) is 0 Å². The maximum atomic E-state index is 12.3. The van der Waals surface area contributed by atoms with Gasteiger partial charge in [-0.25, -0.2) is 8.42 Å². The van der Waals surface area contributed by atoms with Gasteiger partial charge in [-0.15, -0.1) is 0 Å². The Balaban J connectivity index is 1.80. The quantitative estimate of drug-likeness (QED) is 0.571. The van der Waals surface area contributed by atoms with Crippen molar-refractivity contribution in [3.8, 4) is 0 Å². The summed E-state index contributed by atoms with van der Waals surface area (Å²) >= 11 is 2.01. The zero-order valence-electron chi connectivity index (χ0n) is 17.3. The number of rotatable bonds is 10. The van der Waals surface area contributed by atoms with Crippen LogP contribution in [0.25, 0.3) is 0 Å². The number of anilines is 1. The summed E-state index contributed by atoms with van der Waals surface area (Å²) < 4.78 is 25.5. The van der Waals surface area contributed by atoms with Crippen molar-refractivity contribution in [3.63, 3.8) is 0 Å². The van der Waals surface area contributed by atoms with E-state index in [4.69, 9.17) is 0 Å². The molecule has 5 nitrogen and oxygen atoms in total. The molecule has 0 heterocycles. The van der Waals surface area contributed by atoms with Crippen LogP contribution in [0.4, 0.5) is 5.69 Å². The fourth-order valence-corrected chi connectivity index (χ4v) is 5.56. The van der Waals surface area contributed by atoms with E-state index in [1.807, 2.05) is 23.9 Å². The standard InChI is InChI=1S/C21H34N2O3S2/c1-17(2)18-10-12-19(13-11-18)23(28(3,25)26)16-21(24)22-14-7-15-27-20-8-5-4-6-9-20/h10-13,17,20H,4-9,14-16H2,1-3H3,(H,22,24). The number of sulfonamides is 1. The van der Waals surface area contributed by atoms with E-state index < -0.39 is 10.0 Å². The highest BCUT2D eigenvalue weighted by Gasteiger charge is 2.21. The first-order valence-corrected chi connectivity index (χ1v) is 13.1. The lowest BCUT2D eigenvalue weighted by Crippen LogP contribution is -2.40. The van der Waals surface area contributed by atoms with Gasteiger partial charge in [0.05, 0.1) is 11.9 Å². The van der Waals surface area contributed by atoms with Crippen molar-refractivity contribution in [2.75, 3.05) is 29.4 Å². The first kappa shape index (κ1) is 23.1. The molecule has 2 rings (SSSR count). The number of hydrogen-bond donors (Lipinski definition) is 1. The van der Waals surface area contributed by atoms with Gasteiger partial charge in [0.25, 0.3) is 0 Å². The molecule has 158 valence electrons. The number of amides is 1. The lowest BCUT2D eigenvalue weighted by molar-refractivity contribution is -0.119. The minimum Gasteiger partial charge on any atom is -0.354 e. The highest BCUT2D eigenvalue weighted by atomic mass is 32.2. The van der Waals surface area contributed by atoms with E-state index in [9.17, 15) is 13.2 Å². The van der Waals surface area contributed by atoms with Crippen molar-refractivity contribution in [1.29, 1.82) is 0 Å². The fourth-order valence-electron chi connectivity index (χ4n) is 3.39. The molecule has 1 saturated carbocycles. The molecule has 7 heteroatoms. The van der Waals surface area contributed by atoms with Crippen LogP contribution in [-0.4, -0.2) is 44.7 Å². The van der Waals surface area contributed by atoms with Gasteiger partial charge in [0.15, 0.2) is 0 Å². The monoisotopic (exact) mass is 426 g/mol. The second-order valence-corrected chi connectivity index (χ2v) is 11.2. The summed E-state index contributed by atoms with van der Waals surface area (Å²) in [4.78, 5) is 12.3. The third kappa shape index (κ3) is 7.66. The first-order chi connectivity index (χ1) is 13.3. The molecule has 1 aromatic rings. The Labute approximate surface area is 174 Å². The molecular formula is C21H34N2O3S2. The van der Waals surface area contributed by atoms with Gasteiger partial charge in [-0.1, -0.05) is 45.2 Å². The van der Waals surface area contributed by atoms with E-state index in [0.717, 1.165) is 29.2 Å². The molecule has 1 amide bonds. The smallest absolute Gasteiger partial charge is 0.240 e. The molecule has 0 aliphatic heterocycles. The number of thioether (sulfide) groups is 1. The van der Waals surface area contributed by atoms with Gasteiger partial charge in [0.1, 0.15) is 6.54 Å². The molecule has 1 aromatic carbocycles. The topological polar surface area (TPSA) is 66.5 Å². The van der Waals surface area contributed by atoms with E-state index in [2.05, 4.69) is 19.2 Å². The summed E-state index contributed by atoms with van der Waals surface area (Å²) in [7, 11) is -3.53. The summed E-state index contributed by atoms with van der Waals surface area (Å²) in [5.74, 6) is 1.15. The van der Waals surface area contributed by atoms with Crippen LogP contribution >= 0.6 is 11.8 Å². The molecule has 0 aromatic heterocycles. The normalized spacial score (nSPS) is 15.6. The number of benzene rings is 1. The van der Waals surface area contributed by atoms with Crippen LogP contribution in [0.5, 0.6) is 0 Å². The van der Waals surface area contributed by atoms with Crippen molar-refractivity contribution >= 4 is 33.4 Å². The molecule has 0 spiro atoms. The zero-order valence-corrected chi connectivity index (χ0v) is 18.9. The van der Waals surface area contributed by atoms with Gasteiger partial charge in [0.2, 0.25) is 15.9 Å². The number of carbonyl (C=O) groups is 1. The predicted molar refractivity (Wildman–Crippen MR) is 120 cm³/mol. The number of nitrogens with zero attached hydrogens (tertiary/aromatic N) is 1. The summed E-state index contributed by atoms with van der Waals surface area (Å²) in [5, 5.41) is 3.64. The molecule has 0 radical (unpaired) electrons. The van der Waals surface area contributed by atoms with Crippen molar-refractivity contribution < 1.29 is 13.2 Å². The maximum Gasteiger partial charge on any atom is 0.240 e. The molecule has 0 unspecified atom stereocenters. The number of carbonyl (C=O) groups excluding carboxylic acids is 1. The lowest BCUT2D eigenvalue weighted by Gasteiger charge is -2.22. The van der Waals surface area contributed by atoms with Gasteiger partial charge in [0, 0.05) is 11.8 Å². The van der Waals surface area contributed by atoms with E-state index in [0.29, 0.717) is 18.2 Å². The SMILES string of the molecule is CC(C)c1ccc(N(CC(=O)NCCCSC2CCCCC2)S(C)(=O)=O)cc1. The molecular weight excluding hydrogens is 392 g/mol. The van der Waals surface area contributed by atoms with Crippen LogP contribution in [0.3, 0.4) is 0 Å². The van der Waals surface area contributed by atoms with Crippen molar-refractivity contribution in [2.24, 2.45) is 0 Å². The summed E-state index contributed by atoms with van der Waals surface area (Å²) in [6.07, 6.45) is 8.73. The fraction of sp³-hybridized carbons (Fsp3) is 0.667. The summed E-state index contributed by atoms with van der Waals surface area (Å²) in [5.41, 5.74) is 1.66. The van der Waals surface area contributed by atoms with Gasteiger partial charge < -0.3 is 5.32 Å². The minimum atomic E-state index is -3.53. The van der Waals surface area contributed by atoms with Gasteiger partial charge in [-0.3, -0.25) is 9.10 Å². The molecule has 0 saturated heterocycles. The molecule has 28 heavy (non-hydrogen) atoms. The second kappa shape index (κ2) is 11.1. The summed E-state index contributed by atoms with van der Waals surface area (Å²) in [6, 6.07) is 7.37. The molecule has 1 fully saturated rings. The molecule has 0 atom stereocenters.